The van der Waals surface area contributed by atoms with Crippen LogP contribution in [0.4, 0.5) is 5.69 Å². The Hall–Kier alpha value is -2.12. The maximum Gasteiger partial charge on any atom is 0.357 e. The molecule has 3 rings (SSSR count). The predicted molar refractivity (Wildman–Crippen MR) is 81.4 cm³/mol. The number of anilines is 1. The molecule has 1 saturated heterocycles. The van der Waals surface area contributed by atoms with Crippen LogP contribution < -0.4 is 4.90 Å². The summed E-state index contributed by atoms with van der Waals surface area (Å²) in [6.45, 7) is 1.73. The quantitative estimate of drug-likeness (QED) is 0.608. The van der Waals surface area contributed by atoms with E-state index in [4.69, 9.17) is 32.8 Å². The van der Waals surface area contributed by atoms with Crippen LogP contribution in [-0.4, -0.2) is 36.2 Å². The zero-order valence-corrected chi connectivity index (χ0v) is 13.3. The molecule has 1 fully saturated rings. The predicted octanol–water partition coefficient (Wildman–Crippen LogP) is 1.80. The van der Waals surface area contributed by atoms with Crippen molar-refractivity contribution in [1.82, 2.24) is 0 Å². The Morgan fingerprint density at radius 2 is 2.09 bits per heavy atom. The summed E-state index contributed by atoms with van der Waals surface area (Å²) in [4.78, 5) is 42.7. The van der Waals surface area contributed by atoms with Crippen molar-refractivity contribution in [2.45, 2.75) is 13.0 Å². The number of carbonyl (C=O) groups is 3. The van der Waals surface area contributed by atoms with Crippen LogP contribution in [0.25, 0.3) is 0 Å². The maximum atomic E-state index is 12.6. The van der Waals surface area contributed by atoms with Crippen molar-refractivity contribution < 1.29 is 24.0 Å². The Morgan fingerprint density at radius 1 is 1.35 bits per heavy atom. The molecular weight excluding hydrogens is 347 g/mol. The van der Waals surface area contributed by atoms with Crippen LogP contribution in [0.2, 0.25) is 10.0 Å². The minimum atomic E-state index is -1.19. The fourth-order valence-corrected chi connectivity index (χ4v) is 2.95. The average Bonchev–Trinajstić information content (AvgIpc) is 3.02. The fraction of sp³-hybridized carbons (Fsp3) is 0.286. The van der Waals surface area contributed by atoms with Gasteiger partial charge in [0.15, 0.2) is 5.71 Å². The summed E-state index contributed by atoms with van der Waals surface area (Å²) >= 11 is 11.9. The minimum Gasteiger partial charge on any atom is -0.461 e. The highest BCUT2D eigenvalue weighted by Gasteiger charge is 2.58. The minimum absolute atomic E-state index is 0.115. The molecule has 0 spiro atoms. The molecule has 2 amide bonds. The Balaban J connectivity index is 1.95. The number of oxime groups is 1. The molecule has 7 nitrogen and oxygen atoms in total. The van der Waals surface area contributed by atoms with Gasteiger partial charge < -0.3 is 9.57 Å². The Bertz CT molecular complexity index is 749. The first-order valence-corrected chi connectivity index (χ1v) is 7.45. The van der Waals surface area contributed by atoms with E-state index >= 15 is 0 Å². The molecule has 2 aliphatic heterocycles. The van der Waals surface area contributed by atoms with Crippen LogP contribution in [0.3, 0.4) is 0 Å². The van der Waals surface area contributed by atoms with Gasteiger partial charge in [-0.2, -0.15) is 0 Å². The standard InChI is InChI=1S/C14H10Cl2N2O5/c1-2-22-14(21)10-9-11(23-17-10)13(20)18(12(9)19)8-4-3-6(15)5-7(8)16/h3-5,9,11H,2H2,1H3/t9-,11+/m1/s1. The van der Waals surface area contributed by atoms with Gasteiger partial charge in [-0.05, 0) is 25.1 Å². The van der Waals surface area contributed by atoms with E-state index in [1.165, 1.54) is 18.2 Å². The van der Waals surface area contributed by atoms with E-state index in [1.54, 1.807) is 6.92 Å². The Kier molecular flexibility index (Phi) is 3.99. The van der Waals surface area contributed by atoms with E-state index in [-0.39, 0.29) is 23.0 Å². The van der Waals surface area contributed by atoms with Crippen molar-refractivity contribution in [1.29, 1.82) is 0 Å². The number of imide groups is 1. The number of amides is 2. The van der Waals surface area contributed by atoms with Crippen LogP contribution in [0, 0.1) is 5.92 Å². The lowest BCUT2D eigenvalue weighted by molar-refractivity contribution is -0.136. The van der Waals surface area contributed by atoms with Gasteiger partial charge in [0.25, 0.3) is 5.91 Å². The second kappa shape index (κ2) is 5.82. The molecule has 120 valence electrons. The number of fused-ring (bicyclic) bond motifs is 1. The van der Waals surface area contributed by atoms with E-state index in [0.29, 0.717) is 5.02 Å². The van der Waals surface area contributed by atoms with Crippen LogP contribution in [0.1, 0.15) is 6.92 Å². The van der Waals surface area contributed by atoms with Crippen LogP contribution in [-0.2, 0) is 24.0 Å². The van der Waals surface area contributed by atoms with Crippen molar-refractivity contribution in [3.8, 4) is 0 Å². The number of hydrogen-bond acceptors (Lipinski definition) is 6. The highest BCUT2D eigenvalue weighted by atomic mass is 35.5. The number of nitrogens with zero attached hydrogens (tertiary/aromatic N) is 2. The SMILES string of the molecule is CCOC(=O)C1=NO[C@@H]2C(=O)N(c3ccc(Cl)cc3Cl)C(=O)[C@H]12. The van der Waals surface area contributed by atoms with Crippen molar-refractivity contribution in [2.24, 2.45) is 11.1 Å². The topological polar surface area (TPSA) is 85.3 Å². The third-order valence-corrected chi connectivity index (χ3v) is 3.99. The molecule has 2 heterocycles. The summed E-state index contributed by atoms with van der Waals surface area (Å²) in [5.74, 6) is -3.21. The van der Waals surface area contributed by atoms with E-state index < -0.39 is 29.8 Å². The van der Waals surface area contributed by atoms with E-state index in [9.17, 15) is 14.4 Å². The van der Waals surface area contributed by atoms with Crippen molar-refractivity contribution >= 4 is 52.4 Å². The molecular formula is C14H10Cl2N2O5. The fourth-order valence-electron chi connectivity index (χ4n) is 2.45. The van der Waals surface area contributed by atoms with Crippen LogP contribution in [0.5, 0.6) is 0 Å². The molecule has 1 aromatic rings. The van der Waals surface area contributed by atoms with Gasteiger partial charge in [0.1, 0.15) is 5.92 Å². The molecule has 0 aromatic heterocycles. The van der Waals surface area contributed by atoms with Gasteiger partial charge in [-0.3, -0.25) is 9.59 Å². The normalized spacial score (nSPS) is 22.7. The second-order valence-electron chi connectivity index (χ2n) is 4.81. The van der Waals surface area contributed by atoms with Gasteiger partial charge in [-0.25, -0.2) is 9.69 Å². The summed E-state index contributed by atoms with van der Waals surface area (Å²) in [6.07, 6.45) is -1.19. The Morgan fingerprint density at radius 3 is 2.74 bits per heavy atom. The number of benzene rings is 1. The molecule has 9 heteroatoms. The maximum absolute atomic E-state index is 12.6. The lowest BCUT2D eigenvalue weighted by Gasteiger charge is -2.16. The van der Waals surface area contributed by atoms with Gasteiger partial charge >= 0.3 is 5.97 Å². The first kappa shape index (κ1) is 15.8. The van der Waals surface area contributed by atoms with E-state index in [2.05, 4.69) is 5.16 Å². The zero-order chi connectivity index (χ0) is 16.7. The molecule has 0 aliphatic carbocycles. The van der Waals surface area contributed by atoms with Gasteiger partial charge in [-0.1, -0.05) is 28.4 Å². The summed E-state index contributed by atoms with van der Waals surface area (Å²) in [5, 5.41) is 4.02. The molecule has 0 radical (unpaired) electrons. The third-order valence-electron chi connectivity index (χ3n) is 3.45. The molecule has 2 atom stereocenters. The number of hydrogen-bond donors (Lipinski definition) is 0. The number of carbonyl (C=O) groups excluding carboxylic acids is 3. The number of esters is 1. The summed E-state index contributed by atoms with van der Waals surface area (Å²) in [7, 11) is 0. The van der Waals surface area contributed by atoms with Crippen molar-refractivity contribution in [3.63, 3.8) is 0 Å². The number of halogens is 2. The van der Waals surface area contributed by atoms with Gasteiger partial charge in [0.05, 0.1) is 17.3 Å². The molecule has 0 bridgehead atoms. The second-order valence-corrected chi connectivity index (χ2v) is 5.65. The van der Waals surface area contributed by atoms with Crippen LogP contribution >= 0.6 is 23.2 Å². The number of ether oxygens (including phenoxy) is 1. The largest absolute Gasteiger partial charge is 0.461 e. The summed E-state index contributed by atoms with van der Waals surface area (Å²) in [6, 6.07) is 4.36. The highest BCUT2D eigenvalue weighted by molar-refractivity contribution is 6.47. The van der Waals surface area contributed by atoms with E-state index in [0.717, 1.165) is 4.90 Å². The first-order chi connectivity index (χ1) is 11.0. The molecule has 0 N–H and O–H groups in total. The van der Waals surface area contributed by atoms with Crippen LogP contribution in [0.15, 0.2) is 23.4 Å². The van der Waals surface area contributed by atoms with Gasteiger partial charge in [-0.15, -0.1) is 0 Å². The summed E-state index contributed by atoms with van der Waals surface area (Å²) < 4.78 is 4.82. The molecule has 0 unspecified atom stereocenters. The smallest absolute Gasteiger partial charge is 0.357 e. The summed E-state index contributed by atoms with van der Waals surface area (Å²) in [5.41, 5.74) is -0.0462. The van der Waals surface area contributed by atoms with Crippen molar-refractivity contribution in [3.05, 3.63) is 28.2 Å². The molecule has 1 aromatic carbocycles. The lowest BCUT2D eigenvalue weighted by atomic mass is 10.00. The molecule has 0 saturated carbocycles. The van der Waals surface area contributed by atoms with E-state index in [1.807, 2.05) is 0 Å². The van der Waals surface area contributed by atoms with Gasteiger partial charge in [0, 0.05) is 5.02 Å². The Labute approximate surface area is 140 Å². The number of rotatable bonds is 3. The highest BCUT2D eigenvalue weighted by Crippen LogP contribution is 2.37. The molecule has 2 aliphatic rings. The monoisotopic (exact) mass is 356 g/mol. The molecule has 23 heavy (non-hydrogen) atoms. The lowest BCUT2D eigenvalue weighted by Crippen LogP contribution is -2.35. The van der Waals surface area contributed by atoms with Gasteiger partial charge in [0.2, 0.25) is 12.0 Å². The third kappa shape index (κ3) is 2.46. The average molecular weight is 357 g/mol. The zero-order valence-electron chi connectivity index (χ0n) is 11.8. The van der Waals surface area contributed by atoms with Crippen molar-refractivity contribution in [2.75, 3.05) is 11.5 Å². The first-order valence-electron chi connectivity index (χ1n) is 6.69.